The molecule has 2 saturated heterocycles. The fourth-order valence-electron chi connectivity index (χ4n) is 9.37. The summed E-state index contributed by atoms with van der Waals surface area (Å²) in [5.74, 6) is -1.03. The fourth-order valence-corrected chi connectivity index (χ4v) is 12.6. The maximum absolute atomic E-state index is 13.4. The Morgan fingerprint density at radius 2 is 0.688 bits per heavy atom. The minimum Gasteiger partial charge on any atom is -0.338 e. The van der Waals surface area contributed by atoms with Crippen LogP contribution >= 0.6 is 30.4 Å². The Hall–Kier alpha value is -3.52. The van der Waals surface area contributed by atoms with E-state index in [4.69, 9.17) is 9.97 Å². The zero-order chi connectivity index (χ0) is 56.0. The van der Waals surface area contributed by atoms with Crippen LogP contribution in [-0.2, 0) is 40.9 Å². The Morgan fingerprint density at radius 1 is 0.416 bits per heavy atom. The highest BCUT2D eigenvalue weighted by Crippen LogP contribution is 2.37. The average Bonchev–Trinajstić information content (AvgIpc) is 3.31. The van der Waals surface area contributed by atoms with Gasteiger partial charge >= 0.3 is 30.4 Å². The number of aromatic nitrogens is 2. The van der Waals surface area contributed by atoms with E-state index in [9.17, 15) is 67.0 Å². The predicted octanol–water partition coefficient (Wildman–Crippen LogP) is 0.274. The lowest BCUT2D eigenvalue weighted by Crippen LogP contribution is -2.50. The minimum atomic E-state index is -4.52. The van der Waals surface area contributed by atoms with Gasteiger partial charge < -0.3 is 49.8 Å². The third-order valence-electron chi connectivity index (χ3n) is 13.3. The van der Waals surface area contributed by atoms with E-state index >= 15 is 0 Å². The number of nitrogens with one attached hydrogen (secondary N) is 2. The number of carbonyl (C=O) groups excluding carboxylic acids is 2. The molecule has 2 amide bonds. The molecule has 6 rings (SSSR count). The Morgan fingerprint density at radius 3 is 0.974 bits per heavy atom. The average molecular weight is 1160 g/mol. The molecule has 428 valence electrons. The lowest BCUT2D eigenvalue weighted by Gasteiger charge is -2.34. The fraction of sp³-hybridized carbons (Fsp3) is 0.574. The molecule has 0 spiro atoms. The summed E-state index contributed by atoms with van der Waals surface area (Å²) in [7, 11) is -18.1. The van der Waals surface area contributed by atoms with Crippen molar-refractivity contribution in [3.63, 3.8) is 0 Å². The molecule has 0 saturated carbocycles. The van der Waals surface area contributed by atoms with Gasteiger partial charge in [0.05, 0.1) is 42.2 Å². The van der Waals surface area contributed by atoms with Crippen LogP contribution in [-0.4, -0.2) is 250 Å². The van der Waals surface area contributed by atoms with E-state index in [0.717, 1.165) is 44.3 Å². The first-order valence-corrected chi connectivity index (χ1v) is 32.6. The second-order valence-electron chi connectivity index (χ2n) is 20.2. The van der Waals surface area contributed by atoms with Crippen LogP contribution in [0.2, 0.25) is 0 Å². The minimum absolute atomic E-state index is 0.142. The third kappa shape index (κ3) is 24.0. The summed E-state index contributed by atoms with van der Waals surface area (Å²) < 4.78 is 49.2. The molecule has 2 aliphatic rings. The van der Waals surface area contributed by atoms with E-state index in [1.165, 1.54) is 0 Å². The summed E-state index contributed by atoms with van der Waals surface area (Å²) in [6.45, 7) is 7.46. The van der Waals surface area contributed by atoms with E-state index in [1.54, 1.807) is 29.4 Å². The third-order valence-corrected chi connectivity index (χ3v) is 16.4. The number of nitrogens with zero attached hydrogens (tertiary/aromatic N) is 10. The van der Waals surface area contributed by atoms with Gasteiger partial charge in [0.25, 0.3) is 0 Å². The van der Waals surface area contributed by atoms with E-state index in [1.807, 2.05) is 84.3 Å². The molecule has 4 heterocycles. The molecule has 0 atom stereocenters. The number of pyridine rings is 2. The van der Waals surface area contributed by atoms with Crippen LogP contribution in [0.15, 0.2) is 60.7 Å². The molecule has 2 fully saturated rings. The summed E-state index contributed by atoms with van der Waals surface area (Å²) in [5, 5.41) is 7.28. The zero-order valence-electron chi connectivity index (χ0n) is 43.7. The number of hydrogen-bond donors (Lipinski definition) is 10. The highest BCUT2D eigenvalue weighted by Gasteiger charge is 2.28. The van der Waals surface area contributed by atoms with E-state index in [-0.39, 0.29) is 98.3 Å². The maximum Gasteiger partial charge on any atom is 0.339 e. The number of fused-ring (bicyclic) bond motifs is 2. The largest absolute Gasteiger partial charge is 0.339 e. The van der Waals surface area contributed by atoms with Crippen molar-refractivity contribution >= 4 is 64.0 Å². The maximum atomic E-state index is 13.4. The Bertz CT molecular complexity index is 2540. The van der Waals surface area contributed by atoms with Gasteiger partial charge in [0, 0.05) is 129 Å². The Balaban J connectivity index is 1.06. The number of aryl methyl sites for hydroxylation is 2. The van der Waals surface area contributed by atoms with Crippen LogP contribution in [0.4, 0.5) is 0 Å². The highest BCUT2D eigenvalue weighted by atomic mass is 31.2. The zero-order valence-corrected chi connectivity index (χ0v) is 47.3. The van der Waals surface area contributed by atoms with Crippen LogP contribution in [0.3, 0.4) is 0 Å². The molecule has 0 radical (unpaired) electrons. The molecular weight excluding hydrogens is 1080 g/mol. The molecule has 2 aromatic carbocycles. The topological polar surface area (TPSA) is 340 Å². The smallest absolute Gasteiger partial charge is 0.338 e. The number of hydrogen-bond acceptors (Lipinski definition) is 16. The number of carbonyl (C=O) groups is 2. The summed E-state index contributed by atoms with van der Waals surface area (Å²) in [5.41, 5.74) is 5.32. The van der Waals surface area contributed by atoms with Gasteiger partial charge in [-0.15, -0.1) is 0 Å². The van der Waals surface area contributed by atoms with Crippen LogP contribution in [0.25, 0.3) is 21.8 Å². The van der Waals surface area contributed by atoms with Crippen molar-refractivity contribution in [2.75, 3.05) is 150 Å². The summed E-state index contributed by atoms with van der Waals surface area (Å²) in [6, 6.07) is 19.7. The molecule has 0 bridgehead atoms. The molecule has 4 aromatic rings. The van der Waals surface area contributed by atoms with E-state index in [0.29, 0.717) is 39.3 Å². The monoisotopic (exact) mass is 1160 g/mol. The van der Waals surface area contributed by atoms with E-state index < -0.39 is 67.3 Å². The van der Waals surface area contributed by atoms with E-state index in [2.05, 4.69) is 10.6 Å². The van der Waals surface area contributed by atoms with Gasteiger partial charge in [-0.1, -0.05) is 35.4 Å². The first-order chi connectivity index (χ1) is 36.2. The number of benzene rings is 2. The van der Waals surface area contributed by atoms with Gasteiger partial charge in [0.1, 0.15) is 25.1 Å². The van der Waals surface area contributed by atoms with Gasteiger partial charge in [-0.05, 0) is 50.2 Å². The van der Waals surface area contributed by atoms with Crippen LogP contribution in [0.5, 0.6) is 0 Å². The Kier molecular flexibility index (Phi) is 23.4. The quantitative estimate of drug-likeness (QED) is 0.0472. The molecule has 0 unspecified atom stereocenters. The van der Waals surface area contributed by atoms with Crippen molar-refractivity contribution in [3.05, 3.63) is 83.2 Å². The standard InChI is InChI=1S/C47H76N12O14P4/c1-38-3-9-44-40(27-38)5-7-42(50-44)29-52-11-19-56(34-74(62,63)64)23-15-54(16-24-57(20-12-52)35-75(65,66)67)31-46(60)48-33-49-47(61)32-55-17-25-58(36-76(68,69)70)21-13-53(14-22-59(26-18-55)37-77(71,72)73)30-43-8-6-41-28-39(2)4-10-45(41)51-43/h3-10,27-28H,11-26,29-37H2,1-2H3,(H,48,60)(H,49,61)(H2,62,63,64)(H2,65,66,67)(H2,68,69,70)(H2,71,72,73). The second-order valence-corrected chi connectivity index (χ2v) is 26.6. The van der Waals surface area contributed by atoms with Gasteiger partial charge in [0.15, 0.2) is 0 Å². The van der Waals surface area contributed by atoms with Gasteiger partial charge in [-0.25, -0.2) is 0 Å². The molecule has 2 aromatic heterocycles. The van der Waals surface area contributed by atoms with Crippen molar-refractivity contribution in [1.82, 2.24) is 59.8 Å². The lowest BCUT2D eigenvalue weighted by molar-refractivity contribution is -0.124. The normalized spacial score (nSPS) is 18.8. The summed E-state index contributed by atoms with van der Waals surface area (Å²) in [4.78, 5) is 131. The van der Waals surface area contributed by atoms with Crippen molar-refractivity contribution < 1.29 is 67.0 Å². The van der Waals surface area contributed by atoms with Crippen molar-refractivity contribution in [1.29, 1.82) is 0 Å². The molecule has 2 aliphatic heterocycles. The first kappa shape index (κ1) is 62.7. The molecule has 30 heteroatoms. The number of amides is 2. The molecular formula is C47H76N12O14P4. The Labute approximate surface area is 449 Å². The SMILES string of the molecule is Cc1ccc2nc(CN3CCN(CP(=O)(O)O)CCN(CC(=O)NCNC(=O)CN4CCN(CP(=O)(O)O)CCN(Cc5ccc6cc(C)ccc6n5)CCN(CP(=O)(O)O)CC4)CCN(CP(=O)(O)O)CC3)ccc2c1. The highest BCUT2D eigenvalue weighted by molar-refractivity contribution is 7.52. The molecule has 26 nitrogen and oxygen atoms in total. The van der Waals surface area contributed by atoms with Gasteiger partial charge in [-0.2, -0.15) is 0 Å². The summed E-state index contributed by atoms with van der Waals surface area (Å²) in [6.07, 6.45) is -2.13. The number of rotatable bonds is 18. The van der Waals surface area contributed by atoms with Crippen molar-refractivity contribution in [3.8, 4) is 0 Å². The molecule has 0 aliphatic carbocycles. The summed E-state index contributed by atoms with van der Waals surface area (Å²) >= 11 is 0. The van der Waals surface area contributed by atoms with Crippen LogP contribution in [0, 0.1) is 13.8 Å². The molecule has 77 heavy (non-hydrogen) atoms. The van der Waals surface area contributed by atoms with Crippen molar-refractivity contribution in [2.24, 2.45) is 0 Å². The van der Waals surface area contributed by atoms with Crippen molar-refractivity contribution in [2.45, 2.75) is 26.9 Å². The predicted molar refractivity (Wildman–Crippen MR) is 291 cm³/mol. The van der Waals surface area contributed by atoms with Crippen LogP contribution in [0.1, 0.15) is 22.5 Å². The second kappa shape index (κ2) is 28.8. The molecule has 10 N–H and O–H groups in total. The van der Waals surface area contributed by atoms with Gasteiger partial charge in [0.2, 0.25) is 11.8 Å². The lowest BCUT2D eigenvalue weighted by atomic mass is 10.1. The first-order valence-electron chi connectivity index (χ1n) is 25.4. The van der Waals surface area contributed by atoms with Crippen LogP contribution < -0.4 is 10.6 Å². The van der Waals surface area contributed by atoms with Gasteiger partial charge in [-0.3, -0.25) is 77.0 Å².